The van der Waals surface area contributed by atoms with E-state index in [1.54, 1.807) is 0 Å². The van der Waals surface area contributed by atoms with Gasteiger partial charge in [0.2, 0.25) is 0 Å². The highest BCUT2D eigenvalue weighted by Crippen LogP contribution is 2.33. The number of aldehydes is 1. The van der Waals surface area contributed by atoms with Crippen molar-refractivity contribution < 1.29 is 14.3 Å². The summed E-state index contributed by atoms with van der Waals surface area (Å²) in [5.41, 5.74) is 0. The Balaban J connectivity index is 0.000000165. The van der Waals surface area contributed by atoms with Crippen molar-refractivity contribution >= 4 is 12.3 Å². The number of hydrogen-bond acceptors (Lipinski definition) is 3. The first kappa shape index (κ1) is 13.2. The fraction of sp³-hybridized carbons (Fsp3) is 0.846. The van der Waals surface area contributed by atoms with Gasteiger partial charge in [0.1, 0.15) is 6.29 Å². The van der Waals surface area contributed by atoms with Gasteiger partial charge in [0.15, 0.2) is 0 Å². The highest BCUT2D eigenvalue weighted by Gasteiger charge is 2.31. The largest absolute Gasteiger partial charge is 0.469 e. The minimum atomic E-state index is -0.0342. The maximum Gasteiger partial charge on any atom is 0.308 e. The van der Waals surface area contributed by atoms with Gasteiger partial charge < -0.3 is 9.53 Å². The molecule has 0 aliphatic heterocycles. The third-order valence-electron chi connectivity index (χ3n) is 3.51. The summed E-state index contributed by atoms with van der Waals surface area (Å²) < 4.78 is 4.56. The standard InChI is InChI=1S/C7H12O2.C6H10O/c1-5-3-6(4-5)7(8)9-2;1-5-2-6(3-5)4-7/h5-6H,3-4H2,1-2H3;4-6H,2-3H2,1H3. The average Bonchev–Trinajstić information content (AvgIpc) is 2.20. The van der Waals surface area contributed by atoms with Gasteiger partial charge in [0, 0.05) is 5.92 Å². The summed E-state index contributed by atoms with van der Waals surface area (Å²) >= 11 is 0. The van der Waals surface area contributed by atoms with Crippen LogP contribution in [-0.2, 0) is 14.3 Å². The van der Waals surface area contributed by atoms with Gasteiger partial charge in [-0.3, -0.25) is 4.79 Å². The van der Waals surface area contributed by atoms with E-state index in [1.807, 2.05) is 0 Å². The normalized spacial score (nSPS) is 35.9. The van der Waals surface area contributed by atoms with Crippen LogP contribution in [0.15, 0.2) is 0 Å². The van der Waals surface area contributed by atoms with Crippen LogP contribution < -0.4 is 0 Å². The van der Waals surface area contributed by atoms with Crippen molar-refractivity contribution in [3.8, 4) is 0 Å². The molecule has 0 unspecified atom stereocenters. The van der Waals surface area contributed by atoms with E-state index in [2.05, 4.69) is 18.6 Å². The Morgan fingerprint density at radius 3 is 1.88 bits per heavy atom. The van der Waals surface area contributed by atoms with Crippen LogP contribution in [0.5, 0.6) is 0 Å². The molecule has 2 aliphatic carbocycles. The third kappa shape index (κ3) is 3.62. The molecule has 0 atom stereocenters. The molecule has 3 heteroatoms. The SMILES string of the molecule is CC1CC(C=O)C1.COC(=O)C1CC(C)C1. The fourth-order valence-corrected chi connectivity index (χ4v) is 2.34. The predicted molar refractivity (Wildman–Crippen MR) is 61.9 cm³/mol. The van der Waals surface area contributed by atoms with Gasteiger partial charge in [-0.1, -0.05) is 13.8 Å². The topological polar surface area (TPSA) is 43.4 Å². The minimum absolute atomic E-state index is 0.0342. The summed E-state index contributed by atoms with van der Waals surface area (Å²) in [5.74, 6) is 2.14. The molecular formula is C13H22O3. The van der Waals surface area contributed by atoms with Crippen LogP contribution in [0.4, 0.5) is 0 Å². The molecule has 0 N–H and O–H groups in total. The second-order valence-corrected chi connectivity index (χ2v) is 5.27. The molecule has 2 rings (SSSR count). The third-order valence-corrected chi connectivity index (χ3v) is 3.51. The quantitative estimate of drug-likeness (QED) is 0.536. The molecule has 0 aromatic rings. The van der Waals surface area contributed by atoms with Crippen LogP contribution in [0.3, 0.4) is 0 Å². The Hall–Kier alpha value is -0.860. The maximum atomic E-state index is 10.7. The van der Waals surface area contributed by atoms with E-state index in [-0.39, 0.29) is 11.9 Å². The summed E-state index contributed by atoms with van der Waals surface area (Å²) in [6.07, 6.45) is 5.37. The Morgan fingerprint density at radius 1 is 1.12 bits per heavy atom. The van der Waals surface area contributed by atoms with E-state index >= 15 is 0 Å². The van der Waals surface area contributed by atoms with Crippen molar-refractivity contribution in [2.24, 2.45) is 23.7 Å². The summed E-state index contributed by atoms with van der Waals surface area (Å²) in [5, 5.41) is 0. The van der Waals surface area contributed by atoms with Crippen LogP contribution >= 0.6 is 0 Å². The average molecular weight is 226 g/mol. The Kier molecular flexibility index (Phi) is 4.97. The summed E-state index contributed by atoms with van der Waals surface area (Å²) in [7, 11) is 1.45. The van der Waals surface area contributed by atoms with Crippen LogP contribution in [0, 0.1) is 23.7 Å². The second kappa shape index (κ2) is 6.02. The summed E-state index contributed by atoms with van der Waals surface area (Å²) in [4.78, 5) is 20.7. The lowest BCUT2D eigenvalue weighted by Gasteiger charge is -2.29. The fourth-order valence-electron chi connectivity index (χ4n) is 2.34. The molecule has 3 nitrogen and oxygen atoms in total. The lowest BCUT2D eigenvalue weighted by atomic mass is 9.76. The van der Waals surface area contributed by atoms with Crippen molar-refractivity contribution in [2.75, 3.05) is 7.11 Å². The Morgan fingerprint density at radius 2 is 1.62 bits per heavy atom. The zero-order valence-corrected chi connectivity index (χ0v) is 10.4. The van der Waals surface area contributed by atoms with Crippen molar-refractivity contribution in [2.45, 2.75) is 39.5 Å². The van der Waals surface area contributed by atoms with Gasteiger partial charge in [-0.2, -0.15) is 0 Å². The van der Waals surface area contributed by atoms with E-state index in [9.17, 15) is 9.59 Å². The number of carbonyl (C=O) groups is 2. The van der Waals surface area contributed by atoms with E-state index in [0.29, 0.717) is 5.92 Å². The van der Waals surface area contributed by atoms with Gasteiger partial charge in [-0.15, -0.1) is 0 Å². The van der Waals surface area contributed by atoms with Crippen LogP contribution in [0.2, 0.25) is 0 Å². The zero-order chi connectivity index (χ0) is 12.1. The highest BCUT2D eigenvalue weighted by atomic mass is 16.5. The van der Waals surface area contributed by atoms with Crippen molar-refractivity contribution in [3.05, 3.63) is 0 Å². The van der Waals surface area contributed by atoms with Crippen molar-refractivity contribution in [3.63, 3.8) is 0 Å². The summed E-state index contributed by atoms with van der Waals surface area (Å²) in [6, 6.07) is 0. The minimum Gasteiger partial charge on any atom is -0.469 e. The van der Waals surface area contributed by atoms with Crippen LogP contribution in [0.1, 0.15) is 39.5 Å². The molecule has 0 bridgehead atoms. The van der Waals surface area contributed by atoms with Gasteiger partial charge in [-0.25, -0.2) is 0 Å². The number of rotatable bonds is 2. The Bertz CT molecular complexity index is 238. The van der Waals surface area contributed by atoms with E-state index in [4.69, 9.17) is 0 Å². The number of carbonyl (C=O) groups excluding carboxylic acids is 2. The maximum absolute atomic E-state index is 10.7. The summed E-state index contributed by atoms with van der Waals surface area (Å²) in [6.45, 7) is 4.33. The number of hydrogen-bond donors (Lipinski definition) is 0. The molecule has 0 heterocycles. The van der Waals surface area contributed by atoms with E-state index in [1.165, 1.54) is 7.11 Å². The lowest BCUT2D eigenvalue weighted by Crippen LogP contribution is -2.29. The van der Waals surface area contributed by atoms with Crippen LogP contribution in [-0.4, -0.2) is 19.4 Å². The first-order chi connectivity index (χ1) is 7.56. The smallest absolute Gasteiger partial charge is 0.308 e. The zero-order valence-electron chi connectivity index (χ0n) is 10.4. The van der Waals surface area contributed by atoms with E-state index in [0.717, 1.165) is 43.8 Å². The second-order valence-electron chi connectivity index (χ2n) is 5.27. The van der Waals surface area contributed by atoms with Gasteiger partial charge in [0.25, 0.3) is 0 Å². The number of ether oxygens (including phenoxy) is 1. The molecule has 2 saturated carbocycles. The predicted octanol–water partition coefficient (Wildman–Crippen LogP) is 2.44. The molecule has 0 saturated heterocycles. The monoisotopic (exact) mass is 226 g/mol. The first-order valence-electron chi connectivity index (χ1n) is 6.09. The Labute approximate surface area is 97.5 Å². The molecule has 2 aliphatic rings. The van der Waals surface area contributed by atoms with Crippen LogP contribution in [0.25, 0.3) is 0 Å². The highest BCUT2D eigenvalue weighted by molar-refractivity contribution is 5.73. The molecule has 92 valence electrons. The molecule has 2 fully saturated rings. The molecule has 16 heavy (non-hydrogen) atoms. The van der Waals surface area contributed by atoms with Gasteiger partial charge in [0.05, 0.1) is 13.0 Å². The molecule has 0 spiro atoms. The first-order valence-corrected chi connectivity index (χ1v) is 6.09. The molecule has 0 amide bonds. The van der Waals surface area contributed by atoms with Gasteiger partial charge >= 0.3 is 5.97 Å². The molecular weight excluding hydrogens is 204 g/mol. The molecule has 0 aromatic heterocycles. The molecule has 0 aromatic carbocycles. The number of esters is 1. The van der Waals surface area contributed by atoms with Gasteiger partial charge in [-0.05, 0) is 37.5 Å². The van der Waals surface area contributed by atoms with Crippen molar-refractivity contribution in [1.29, 1.82) is 0 Å². The lowest BCUT2D eigenvalue weighted by molar-refractivity contribution is -0.149. The number of methoxy groups -OCH3 is 1. The van der Waals surface area contributed by atoms with Crippen molar-refractivity contribution in [1.82, 2.24) is 0 Å². The van der Waals surface area contributed by atoms with E-state index < -0.39 is 0 Å². The molecule has 0 radical (unpaired) electrons.